The first-order chi connectivity index (χ1) is 6.59. The summed E-state index contributed by atoms with van der Waals surface area (Å²) in [5.41, 5.74) is 3.13. The number of carbonyl (C=O) groups excluding carboxylic acids is 1. The van der Waals surface area contributed by atoms with E-state index in [1.165, 1.54) is 0 Å². The number of hydrogen-bond acceptors (Lipinski definition) is 2. The Labute approximate surface area is 87.8 Å². The summed E-state index contributed by atoms with van der Waals surface area (Å²) in [6.07, 6.45) is 0. The predicted molar refractivity (Wildman–Crippen MR) is 57.3 cm³/mol. The highest BCUT2D eigenvalue weighted by Crippen LogP contribution is 2.19. The Hall–Kier alpha value is -1.26. The van der Waals surface area contributed by atoms with Crippen molar-refractivity contribution in [3.05, 3.63) is 29.3 Å². The normalized spacial score (nSPS) is 10.0. The molecule has 5 heteroatoms. The lowest BCUT2D eigenvalue weighted by Gasteiger charge is -2.13. The molecule has 1 aromatic rings. The fourth-order valence-corrected chi connectivity index (χ4v) is 1.10. The molecule has 0 aliphatic heterocycles. The van der Waals surface area contributed by atoms with Crippen LogP contribution < -0.4 is 10.7 Å². The summed E-state index contributed by atoms with van der Waals surface area (Å²) in [7, 11) is 3.46. The molecule has 1 aromatic carbocycles. The van der Waals surface area contributed by atoms with Gasteiger partial charge in [0.1, 0.15) is 0 Å². The van der Waals surface area contributed by atoms with Crippen LogP contribution in [-0.2, 0) is 0 Å². The number of benzene rings is 1. The third kappa shape index (κ3) is 3.24. The van der Waals surface area contributed by atoms with Crippen molar-refractivity contribution in [2.75, 3.05) is 19.4 Å². The summed E-state index contributed by atoms with van der Waals surface area (Å²) in [6.45, 7) is 0. The van der Waals surface area contributed by atoms with E-state index in [9.17, 15) is 4.79 Å². The molecule has 0 unspecified atom stereocenters. The molecular formula is C9H12ClN3O. The van der Waals surface area contributed by atoms with Crippen molar-refractivity contribution in [2.45, 2.75) is 0 Å². The summed E-state index contributed by atoms with van der Waals surface area (Å²) >= 11 is 5.85. The molecule has 0 spiro atoms. The van der Waals surface area contributed by atoms with E-state index in [1.807, 2.05) is 0 Å². The fraction of sp³-hybridized carbons (Fsp3) is 0.222. The molecule has 14 heavy (non-hydrogen) atoms. The maximum absolute atomic E-state index is 11.3. The number of anilines is 1. The van der Waals surface area contributed by atoms with Crippen LogP contribution in [0.2, 0.25) is 5.02 Å². The van der Waals surface area contributed by atoms with Crippen molar-refractivity contribution in [3.8, 4) is 0 Å². The van der Waals surface area contributed by atoms with Crippen molar-refractivity contribution in [1.82, 2.24) is 10.4 Å². The predicted octanol–water partition coefficient (Wildman–Crippen LogP) is 1.94. The van der Waals surface area contributed by atoms with Gasteiger partial charge in [0.2, 0.25) is 0 Å². The van der Waals surface area contributed by atoms with Gasteiger partial charge in [0.15, 0.2) is 0 Å². The minimum Gasteiger partial charge on any atom is -0.305 e. The van der Waals surface area contributed by atoms with E-state index in [-0.39, 0.29) is 6.03 Å². The van der Waals surface area contributed by atoms with E-state index < -0.39 is 0 Å². The highest BCUT2D eigenvalue weighted by Gasteiger charge is 2.04. The quantitative estimate of drug-likeness (QED) is 0.738. The van der Waals surface area contributed by atoms with Gasteiger partial charge >= 0.3 is 6.03 Å². The van der Waals surface area contributed by atoms with Gasteiger partial charge in [-0.3, -0.25) is 5.43 Å². The van der Waals surface area contributed by atoms with Crippen molar-refractivity contribution < 1.29 is 4.79 Å². The molecule has 76 valence electrons. The number of rotatable bonds is 2. The van der Waals surface area contributed by atoms with E-state index in [0.29, 0.717) is 10.7 Å². The van der Waals surface area contributed by atoms with Gasteiger partial charge in [0, 0.05) is 14.1 Å². The fourth-order valence-electron chi connectivity index (χ4n) is 0.916. The molecule has 0 aliphatic carbocycles. The number of para-hydroxylation sites is 1. The maximum Gasteiger partial charge on any atom is 0.333 e. The van der Waals surface area contributed by atoms with Gasteiger partial charge in [-0.1, -0.05) is 23.7 Å². The summed E-state index contributed by atoms with van der Waals surface area (Å²) in [6, 6.07) is 6.74. The van der Waals surface area contributed by atoms with Gasteiger partial charge in [-0.2, -0.15) is 0 Å². The van der Waals surface area contributed by atoms with Gasteiger partial charge in [0.05, 0.1) is 10.7 Å². The lowest BCUT2D eigenvalue weighted by Crippen LogP contribution is -2.39. The number of hydrogen-bond donors (Lipinski definition) is 2. The smallest absolute Gasteiger partial charge is 0.305 e. The summed E-state index contributed by atoms with van der Waals surface area (Å²) in [5.74, 6) is 0. The second-order valence-corrected chi connectivity index (χ2v) is 3.35. The van der Waals surface area contributed by atoms with Gasteiger partial charge in [-0.15, -0.1) is 0 Å². The van der Waals surface area contributed by atoms with Crippen LogP contribution in [0.15, 0.2) is 24.3 Å². The Morgan fingerprint density at radius 1 is 1.36 bits per heavy atom. The van der Waals surface area contributed by atoms with Crippen molar-refractivity contribution >= 4 is 23.3 Å². The van der Waals surface area contributed by atoms with Crippen LogP contribution >= 0.6 is 11.6 Å². The Balaban J connectivity index is 2.61. The first kappa shape index (κ1) is 10.8. The van der Waals surface area contributed by atoms with Gasteiger partial charge < -0.3 is 5.32 Å². The molecule has 0 saturated heterocycles. The number of carbonyl (C=O) groups is 1. The summed E-state index contributed by atoms with van der Waals surface area (Å²) in [5, 5.41) is 4.68. The third-order valence-electron chi connectivity index (χ3n) is 1.45. The first-order valence-electron chi connectivity index (χ1n) is 4.09. The average molecular weight is 214 g/mol. The molecule has 2 N–H and O–H groups in total. The van der Waals surface area contributed by atoms with Gasteiger partial charge in [0.25, 0.3) is 0 Å². The van der Waals surface area contributed by atoms with Crippen LogP contribution in [0, 0.1) is 0 Å². The van der Waals surface area contributed by atoms with E-state index in [2.05, 4.69) is 10.7 Å². The Morgan fingerprint density at radius 3 is 2.57 bits per heavy atom. The average Bonchev–Trinajstić information content (AvgIpc) is 2.07. The van der Waals surface area contributed by atoms with E-state index >= 15 is 0 Å². The van der Waals surface area contributed by atoms with Crippen LogP contribution in [0.3, 0.4) is 0 Å². The van der Waals surface area contributed by atoms with Crippen LogP contribution in [-0.4, -0.2) is 25.1 Å². The Bertz CT molecular complexity index is 328. The van der Waals surface area contributed by atoms with Crippen molar-refractivity contribution in [3.63, 3.8) is 0 Å². The lowest BCUT2D eigenvalue weighted by molar-refractivity contribution is 0.224. The zero-order valence-electron chi connectivity index (χ0n) is 8.04. The molecule has 0 bridgehead atoms. The SMILES string of the molecule is CN(C)NC(=O)Nc1ccccc1Cl. The monoisotopic (exact) mass is 213 g/mol. The molecule has 1 rings (SSSR count). The van der Waals surface area contributed by atoms with Crippen molar-refractivity contribution in [1.29, 1.82) is 0 Å². The zero-order chi connectivity index (χ0) is 10.6. The lowest BCUT2D eigenvalue weighted by atomic mass is 10.3. The maximum atomic E-state index is 11.3. The zero-order valence-corrected chi connectivity index (χ0v) is 8.80. The van der Waals surface area contributed by atoms with Crippen LogP contribution in [0.1, 0.15) is 0 Å². The standard InChI is InChI=1S/C9H12ClN3O/c1-13(2)12-9(14)11-8-6-4-3-5-7(8)10/h3-6H,1-2H3,(H2,11,12,14). The van der Waals surface area contributed by atoms with Crippen molar-refractivity contribution in [2.24, 2.45) is 0 Å². The number of halogens is 1. The second kappa shape index (κ2) is 4.83. The van der Waals surface area contributed by atoms with Crippen LogP contribution in [0.4, 0.5) is 10.5 Å². The van der Waals surface area contributed by atoms with Crippen LogP contribution in [0.25, 0.3) is 0 Å². The number of amides is 2. The molecule has 0 radical (unpaired) electrons. The number of nitrogens with zero attached hydrogens (tertiary/aromatic N) is 1. The van der Waals surface area contributed by atoms with E-state index in [1.54, 1.807) is 43.4 Å². The minimum atomic E-state index is -0.317. The largest absolute Gasteiger partial charge is 0.333 e. The molecule has 0 fully saturated rings. The Kier molecular flexibility index (Phi) is 3.73. The molecule has 0 aliphatic rings. The van der Waals surface area contributed by atoms with Gasteiger partial charge in [-0.25, -0.2) is 9.80 Å². The molecule has 2 amide bonds. The summed E-state index contributed by atoms with van der Waals surface area (Å²) in [4.78, 5) is 11.3. The number of nitrogens with one attached hydrogen (secondary N) is 2. The minimum absolute atomic E-state index is 0.317. The highest BCUT2D eigenvalue weighted by atomic mass is 35.5. The summed E-state index contributed by atoms with van der Waals surface area (Å²) < 4.78 is 0. The van der Waals surface area contributed by atoms with Gasteiger partial charge in [-0.05, 0) is 12.1 Å². The molecule has 4 nitrogen and oxygen atoms in total. The topological polar surface area (TPSA) is 44.4 Å². The van der Waals surface area contributed by atoms with E-state index in [0.717, 1.165) is 0 Å². The van der Waals surface area contributed by atoms with E-state index in [4.69, 9.17) is 11.6 Å². The molecule has 0 saturated carbocycles. The number of urea groups is 1. The molecule has 0 aromatic heterocycles. The van der Waals surface area contributed by atoms with Crippen LogP contribution in [0.5, 0.6) is 0 Å². The molecule has 0 atom stereocenters. The second-order valence-electron chi connectivity index (χ2n) is 2.94. The molecule has 0 heterocycles. The third-order valence-corrected chi connectivity index (χ3v) is 1.78. The first-order valence-corrected chi connectivity index (χ1v) is 4.47. The molecular weight excluding hydrogens is 202 g/mol. The Morgan fingerprint density at radius 2 is 2.00 bits per heavy atom. The highest BCUT2D eigenvalue weighted by molar-refractivity contribution is 6.33. The number of hydrazine groups is 1.